The van der Waals surface area contributed by atoms with Gasteiger partial charge < -0.3 is 14.4 Å². The molecule has 0 aliphatic carbocycles. The number of amides is 1. The summed E-state index contributed by atoms with van der Waals surface area (Å²) < 4.78 is 13.0. The van der Waals surface area contributed by atoms with Crippen molar-refractivity contribution in [2.75, 3.05) is 20.3 Å². The summed E-state index contributed by atoms with van der Waals surface area (Å²) in [5, 5.41) is 5.30. The number of rotatable bonds is 4. The van der Waals surface area contributed by atoms with Crippen molar-refractivity contribution in [1.29, 1.82) is 0 Å². The maximum absolute atomic E-state index is 13.6. The molecule has 1 aliphatic heterocycles. The number of carbonyl (C=O) groups excluding carboxylic acids is 1. The molecule has 0 atom stereocenters. The number of ether oxygens (including phenoxy) is 2. The molecule has 7 nitrogen and oxygen atoms in total. The van der Waals surface area contributed by atoms with Gasteiger partial charge in [0.1, 0.15) is 13.2 Å². The molecule has 5 rings (SSSR count). The lowest BCUT2D eigenvalue weighted by Gasteiger charge is -2.21. The van der Waals surface area contributed by atoms with Crippen molar-refractivity contribution in [3.8, 4) is 22.8 Å². The molecule has 0 radical (unpaired) electrons. The molecule has 0 N–H and O–H groups in total. The van der Waals surface area contributed by atoms with Crippen molar-refractivity contribution in [3.63, 3.8) is 0 Å². The van der Waals surface area contributed by atoms with Gasteiger partial charge in [-0.3, -0.25) is 9.48 Å². The smallest absolute Gasteiger partial charge is 0.254 e. The zero-order valence-corrected chi connectivity index (χ0v) is 18.3. The maximum atomic E-state index is 13.6. The first-order valence-corrected chi connectivity index (χ1v) is 10.5. The van der Waals surface area contributed by atoms with Gasteiger partial charge in [0.2, 0.25) is 0 Å². The molecular formula is C25H24N4O3. The van der Waals surface area contributed by atoms with Crippen LogP contribution in [0.4, 0.5) is 0 Å². The van der Waals surface area contributed by atoms with Crippen LogP contribution in [0.15, 0.2) is 54.6 Å². The molecule has 2 aromatic heterocycles. The molecule has 1 amide bonds. The van der Waals surface area contributed by atoms with E-state index < -0.39 is 0 Å². The first-order chi connectivity index (χ1) is 15.5. The Kier molecular flexibility index (Phi) is 5.01. The summed E-state index contributed by atoms with van der Waals surface area (Å²) in [5.74, 6) is 1.37. The zero-order valence-electron chi connectivity index (χ0n) is 18.3. The second-order valence-corrected chi connectivity index (χ2v) is 7.97. The van der Waals surface area contributed by atoms with Crippen molar-refractivity contribution in [2.45, 2.75) is 13.5 Å². The third-order valence-electron chi connectivity index (χ3n) is 5.64. The fourth-order valence-corrected chi connectivity index (χ4v) is 4.11. The van der Waals surface area contributed by atoms with Crippen LogP contribution in [0.3, 0.4) is 0 Å². The molecule has 4 aromatic rings. The van der Waals surface area contributed by atoms with Crippen LogP contribution >= 0.6 is 0 Å². The third kappa shape index (κ3) is 3.56. The Balaban J connectivity index is 1.52. The quantitative estimate of drug-likeness (QED) is 0.492. The first-order valence-electron chi connectivity index (χ1n) is 10.5. The number of carbonyl (C=O) groups is 1. The molecular weight excluding hydrogens is 404 g/mol. The molecule has 0 fully saturated rings. The van der Waals surface area contributed by atoms with Crippen LogP contribution in [0.1, 0.15) is 21.6 Å². The van der Waals surface area contributed by atoms with Crippen molar-refractivity contribution in [1.82, 2.24) is 19.7 Å². The molecule has 2 aromatic carbocycles. The maximum Gasteiger partial charge on any atom is 0.254 e. The van der Waals surface area contributed by atoms with E-state index in [1.54, 1.807) is 16.6 Å². The van der Waals surface area contributed by atoms with Gasteiger partial charge in [-0.05, 0) is 30.7 Å². The number of fused-ring (bicyclic) bond motifs is 2. The minimum Gasteiger partial charge on any atom is -0.486 e. The predicted octanol–water partition coefficient (Wildman–Crippen LogP) is 3.99. The second-order valence-electron chi connectivity index (χ2n) is 7.97. The number of hydrogen-bond acceptors (Lipinski definition) is 5. The van der Waals surface area contributed by atoms with E-state index in [0.29, 0.717) is 31.0 Å². The fourth-order valence-electron chi connectivity index (χ4n) is 4.11. The molecule has 0 saturated heterocycles. The molecule has 32 heavy (non-hydrogen) atoms. The Morgan fingerprint density at radius 2 is 1.81 bits per heavy atom. The van der Waals surface area contributed by atoms with Gasteiger partial charge in [-0.1, -0.05) is 36.4 Å². The Bertz CT molecular complexity index is 1310. The van der Waals surface area contributed by atoms with Gasteiger partial charge in [-0.2, -0.15) is 5.10 Å². The summed E-state index contributed by atoms with van der Waals surface area (Å²) in [6, 6.07) is 17.5. The molecule has 0 spiro atoms. The predicted molar refractivity (Wildman–Crippen MR) is 122 cm³/mol. The Labute approximate surface area is 186 Å². The molecule has 1 aliphatic rings. The van der Waals surface area contributed by atoms with Crippen molar-refractivity contribution >= 4 is 16.9 Å². The van der Waals surface area contributed by atoms with E-state index in [-0.39, 0.29) is 5.91 Å². The Hall–Kier alpha value is -3.87. The van der Waals surface area contributed by atoms with Crippen LogP contribution in [-0.2, 0) is 13.6 Å². The van der Waals surface area contributed by atoms with Crippen molar-refractivity contribution in [2.24, 2.45) is 7.05 Å². The van der Waals surface area contributed by atoms with Gasteiger partial charge in [-0.15, -0.1) is 0 Å². The molecule has 3 heterocycles. The summed E-state index contributed by atoms with van der Waals surface area (Å²) in [5.41, 5.74) is 4.75. The SMILES string of the molecule is Cc1nn(C)c2nc(-c3ccccc3)cc(C(=O)N(C)Cc3ccc4c(c3)OCCO4)c12. The van der Waals surface area contributed by atoms with E-state index >= 15 is 0 Å². The lowest BCUT2D eigenvalue weighted by atomic mass is 10.0. The molecule has 0 bridgehead atoms. The van der Waals surface area contributed by atoms with Gasteiger partial charge in [0.25, 0.3) is 5.91 Å². The average molecular weight is 428 g/mol. The van der Waals surface area contributed by atoms with Crippen LogP contribution in [0.25, 0.3) is 22.3 Å². The number of benzene rings is 2. The number of aromatic nitrogens is 3. The van der Waals surface area contributed by atoms with Crippen molar-refractivity contribution in [3.05, 3.63) is 71.4 Å². The highest BCUT2D eigenvalue weighted by molar-refractivity contribution is 6.07. The second kappa shape index (κ2) is 8.00. The van der Waals surface area contributed by atoms with Crippen LogP contribution < -0.4 is 9.47 Å². The van der Waals surface area contributed by atoms with Gasteiger partial charge in [-0.25, -0.2) is 4.98 Å². The van der Waals surface area contributed by atoms with E-state index in [2.05, 4.69) is 5.10 Å². The van der Waals surface area contributed by atoms with Crippen LogP contribution in [-0.4, -0.2) is 45.8 Å². The normalized spacial score (nSPS) is 12.7. The largest absolute Gasteiger partial charge is 0.486 e. The Morgan fingerprint density at radius 3 is 2.59 bits per heavy atom. The van der Waals surface area contributed by atoms with Crippen LogP contribution in [0.2, 0.25) is 0 Å². The monoisotopic (exact) mass is 428 g/mol. The number of pyridine rings is 1. The van der Waals surface area contributed by atoms with Crippen LogP contribution in [0, 0.1) is 6.92 Å². The molecule has 0 saturated carbocycles. The van der Waals surface area contributed by atoms with Crippen LogP contribution in [0.5, 0.6) is 11.5 Å². The van der Waals surface area contributed by atoms with E-state index in [4.69, 9.17) is 14.5 Å². The van der Waals surface area contributed by atoms with E-state index in [1.165, 1.54) is 0 Å². The summed E-state index contributed by atoms with van der Waals surface area (Å²) in [6.07, 6.45) is 0. The number of aryl methyl sites for hydroxylation is 2. The number of nitrogens with zero attached hydrogens (tertiary/aromatic N) is 4. The highest BCUT2D eigenvalue weighted by Crippen LogP contribution is 2.32. The molecule has 162 valence electrons. The summed E-state index contributed by atoms with van der Waals surface area (Å²) in [7, 11) is 3.66. The van der Waals surface area contributed by atoms with E-state index in [9.17, 15) is 4.79 Å². The van der Waals surface area contributed by atoms with E-state index in [1.807, 2.05) is 68.6 Å². The average Bonchev–Trinajstić information content (AvgIpc) is 3.11. The summed E-state index contributed by atoms with van der Waals surface area (Å²) in [4.78, 5) is 20.1. The topological polar surface area (TPSA) is 69.5 Å². The highest BCUT2D eigenvalue weighted by Gasteiger charge is 2.22. The minimum absolute atomic E-state index is 0.0828. The lowest BCUT2D eigenvalue weighted by Crippen LogP contribution is -2.27. The lowest BCUT2D eigenvalue weighted by molar-refractivity contribution is 0.0786. The standard InChI is InChI=1S/C25H24N4O3/c1-16-23-19(14-20(18-7-5-4-6-8-18)26-24(23)29(3)27-16)25(30)28(2)15-17-9-10-21-22(13-17)32-12-11-31-21/h4-10,13-14H,11-12,15H2,1-3H3. The van der Waals surface area contributed by atoms with Gasteiger partial charge in [0.15, 0.2) is 17.1 Å². The third-order valence-corrected chi connectivity index (χ3v) is 5.64. The summed E-state index contributed by atoms with van der Waals surface area (Å²) in [6.45, 7) is 3.43. The van der Waals surface area contributed by atoms with Gasteiger partial charge in [0, 0.05) is 26.2 Å². The van der Waals surface area contributed by atoms with Gasteiger partial charge in [0.05, 0.1) is 22.3 Å². The van der Waals surface area contributed by atoms with Gasteiger partial charge >= 0.3 is 0 Å². The minimum atomic E-state index is -0.0828. The molecule has 7 heteroatoms. The zero-order chi connectivity index (χ0) is 22.2. The Morgan fingerprint density at radius 1 is 1.06 bits per heavy atom. The first kappa shape index (κ1) is 20.1. The number of hydrogen-bond donors (Lipinski definition) is 0. The fraction of sp³-hybridized carbons (Fsp3) is 0.240. The van der Waals surface area contributed by atoms with Crippen molar-refractivity contribution < 1.29 is 14.3 Å². The summed E-state index contributed by atoms with van der Waals surface area (Å²) >= 11 is 0. The molecule has 0 unspecified atom stereocenters. The highest BCUT2D eigenvalue weighted by atomic mass is 16.6. The van der Waals surface area contributed by atoms with E-state index in [0.717, 1.165) is 39.4 Å².